The number of amides is 2. The van der Waals surface area contributed by atoms with Gasteiger partial charge in [-0.2, -0.15) is 0 Å². The number of carbonyl (C=O) groups excluding carboxylic acids is 2. The fraction of sp³-hybridized carbons (Fsp3) is 0.500. The maximum absolute atomic E-state index is 12.5. The Labute approximate surface area is 141 Å². The zero-order valence-corrected chi connectivity index (χ0v) is 14.5. The molecular formula is C16H20Cl2N2O2. The number of hydrogen-bond donors (Lipinski definition) is 0. The first-order valence-electron chi connectivity index (χ1n) is 7.24. The fourth-order valence-corrected chi connectivity index (χ4v) is 2.79. The van der Waals surface area contributed by atoms with Crippen LogP contribution in [0.2, 0.25) is 10.0 Å². The lowest BCUT2D eigenvalue weighted by Crippen LogP contribution is -2.53. The maximum atomic E-state index is 12.5. The quantitative estimate of drug-likeness (QED) is 0.785. The third kappa shape index (κ3) is 3.73. The van der Waals surface area contributed by atoms with Gasteiger partial charge in [0.15, 0.2) is 0 Å². The predicted octanol–water partition coefficient (Wildman–Crippen LogP) is 3.32. The van der Waals surface area contributed by atoms with Crippen LogP contribution in [0.1, 0.15) is 31.1 Å². The molecule has 0 radical (unpaired) electrons. The van der Waals surface area contributed by atoms with Gasteiger partial charge in [-0.15, -0.1) is 0 Å². The van der Waals surface area contributed by atoms with Crippen molar-refractivity contribution in [2.45, 2.75) is 20.8 Å². The summed E-state index contributed by atoms with van der Waals surface area (Å²) in [6, 6.07) is 4.86. The van der Waals surface area contributed by atoms with Crippen molar-refractivity contribution in [2.75, 3.05) is 26.2 Å². The van der Waals surface area contributed by atoms with E-state index in [4.69, 9.17) is 23.2 Å². The van der Waals surface area contributed by atoms with Crippen molar-refractivity contribution < 1.29 is 9.59 Å². The summed E-state index contributed by atoms with van der Waals surface area (Å²) in [7, 11) is 0. The first-order valence-corrected chi connectivity index (χ1v) is 7.99. The van der Waals surface area contributed by atoms with Gasteiger partial charge in [0.2, 0.25) is 5.91 Å². The van der Waals surface area contributed by atoms with E-state index >= 15 is 0 Å². The third-order valence-corrected chi connectivity index (χ3v) is 4.22. The van der Waals surface area contributed by atoms with Crippen LogP contribution in [0.15, 0.2) is 18.2 Å². The highest BCUT2D eigenvalue weighted by Gasteiger charge is 2.31. The summed E-state index contributed by atoms with van der Waals surface area (Å²) < 4.78 is 0. The van der Waals surface area contributed by atoms with Crippen molar-refractivity contribution in [3.05, 3.63) is 33.8 Å². The van der Waals surface area contributed by atoms with Crippen LogP contribution in [0.5, 0.6) is 0 Å². The molecule has 0 N–H and O–H groups in total. The Morgan fingerprint density at radius 2 is 1.55 bits per heavy atom. The van der Waals surface area contributed by atoms with Crippen LogP contribution >= 0.6 is 23.2 Å². The number of piperazine rings is 1. The highest BCUT2D eigenvalue weighted by atomic mass is 35.5. The van der Waals surface area contributed by atoms with Gasteiger partial charge in [-0.3, -0.25) is 9.59 Å². The van der Waals surface area contributed by atoms with Gasteiger partial charge in [0.25, 0.3) is 5.91 Å². The Morgan fingerprint density at radius 1 is 1.00 bits per heavy atom. The first kappa shape index (κ1) is 17.1. The van der Waals surface area contributed by atoms with E-state index in [0.717, 1.165) is 0 Å². The average molecular weight is 343 g/mol. The van der Waals surface area contributed by atoms with E-state index in [2.05, 4.69) is 0 Å². The van der Waals surface area contributed by atoms with E-state index in [0.29, 0.717) is 41.8 Å². The lowest BCUT2D eigenvalue weighted by Gasteiger charge is -2.37. The van der Waals surface area contributed by atoms with Crippen molar-refractivity contribution in [1.29, 1.82) is 0 Å². The SMILES string of the molecule is CC(C)(C)C(=O)N1CCN(C(=O)c2cc(Cl)ccc2Cl)CC1. The van der Waals surface area contributed by atoms with E-state index in [1.165, 1.54) is 0 Å². The Morgan fingerprint density at radius 3 is 2.09 bits per heavy atom. The summed E-state index contributed by atoms with van der Waals surface area (Å²) in [5.41, 5.74) is 0.00683. The van der Waals surface area contributed by atoms with Crippen molar-refractivity contribution in [3.8, 4) is 0 Å². The number of carbonyl (C=O) groups is 2. The molecule has 120 valence electrons. The van der Waals surface area contributed by atoms with E-state index in [-0.39, 0.29) is 11.8 Å². The Balaban J connectivity index is 2.04. The standard InChI is InChI=1S/C16H20Cl2N2O2/c1-16(2,3)15(22)20-8-6-19(7-9-20)14(21)12-10-11(17)4-5-13(12)18/h4-5,10H,6-9H2,1-3H3. The smallest absolute Gasteiger partial charge is 0.255 e. The Kier molecular flexibility index (Phi) is 5.03. The van der Waals surface area contributed by atoms with Gasteiger partial charge in [0.1, 0.15) is 0 Å². The van der Waals surface area contributed by atoms with Crippen molar-refractivity contribution in [1.82, 2.24) is 9.80 Å². The molecule has 22 heavy (non-hydrogen) atoms. The lowest BCUT2D eigenvalue weighted by atomic mass is 9.94. The highest BCUT2D eigenvalue weighted by molar-refractivity contribution is 6.35. The van der Waals surface area contributed by atoms with Crippen LogP contribution < -0.4 is 0 Å². The minimum Gasteiger partial charge on any atom is -0.339 e. The minimum atomic E-state index is -0.400. The molecular weight excluding hydrogens is 323 g/mol. The zero-order chi connectivity index (χ0) is 16.5. The van der Waals surface area contributed by atoms with Gasteiger partial charge in [-0.1, -0.05) is 44.0 Å². The van der Waals surface area contributed by atoms with Crippen LogP contribution in [0, 0.1) is 5.41 Å². The normalized spacial score (nSPS) is 15.9. The molecule has 2 rings (SSSR count). The summed E-state index contributed by atoms with van der Waals surface area (Å²) >= 11 is 12.0. The molecule has 1 saturated heterocycles. The molecule has 0 bridgehead atoms. The molecule has 0 aliphatic carbocycles. The fourth-order valence-electron chi connectivity index (χ4n) is 2.42. The van der Waals surface area contributed by atoms with Crippen LogP contribution in [0.25, 0.3) is 0 Å². The topological polar surface area (TPSA) is 40.6 Å². The molecule has 0 spiro atoms. The molecule has 4 nitrogen and oxygen atoms in total. The Bertz CT molecular complexity index is 588. The number of hydrogen-bond acceptors (Lipinski definition) is 2. The second kappa shape index (κ2) is 6.47. The average Bonchev–Trinajstić information content (AvgIpc) is 2.47. The largest absolute Gasteiger partial charge is 0.339 e. The van der Waals surface area contributed by atoms with Gasteiger partial charge in [0.05, 0.1) is 10.6 Å². The summed E-state index contributed by atoms with van der Waals surface area (Å²) in [4.78, 5) is 28.3. The molecule has 2 amide bonds. The molecule has 1 fully saturated rings. The van der Waals surface area contributed by atoms with Crippen LogP contribution in [-0.4, -0.2) is 47.8 Å². The van der Waals surface area contributed by atoms with Gasteiger partial charge < -0.3 is 9.80 Å². The summed E-state index contributed by atoms with van der Waals surface area (Å²) in [5.74, 6) is -0.0317. The van der Waals surface area contributed by atoms with Gasteiger partial charge in [-0.25, -0.2) is 0 Å². The highest BCUT2D eigenvalue weighted by Crippen LogP contribution is 2.23. The van der Waals surface area contributed by atoms with Gasteiger partial charge in [-0.05, 0) is 18.2 Å². The minimum absolute atomic E-state index is 0.111. The number of rotatable bonds is 1. The van der Waals surface area contributed by atoms with E-state index < -0.39 is 5.41 Å². The van der Waals surface area contributed by atoms with Crippen LogP contribution in [-0.2, 0) is 4.79 Å². The summed E-state index contributed by atoms with van der Waals surface area (Å²) in [6.07, 6.45) is 0. The lowest BCUT2D eigenvalue weighted by molar-refractivity contribution is -0.140. The summed E-state index contributed by atoms with van der Waals surface area (Å²) in [6.45, 7) is 7.79. The predicted molar refractivity (Wildman–Crippen MR) is 88.4 cm³/mol. The van der Waals surface area contributed by atoms with E-state index in [1.54, 1.807) is 23.1 Å². The monoisotopic (exact) mass is 342 g/mol. The molecule has 1 aromatic rings. The van der Waals surface area contributed by atoms with Crippen molar-refractivity contribution >= 4 is 35.0 Å². The van der Waals surface area contributed by atoms with E-state index in [1.807, 2.05) is 25.7 Å². The molecule has 0 aromatic heterocycles. The van der Waals surface area contributed by atoms with Crippen molar-refractivity contribution in [3.63, 3.8) is 0 Å². The molecule has 1 aliphatic heterocycles. The number of benzene rings is 1. The van der Waals surface area contributed by atoms with Gasteiger partial charge >= 0.3 is 0 Å². The van der Waals surface area contributed by atoms with Crippen molar-refractivity contribution in [2.24, 2.45) is 5.41 Å². The van der Waals surface area contributed by atoms with Crippen LogP contribution in [0.3, 0.4) is 0 Å². The second-order valence-electron chi connectivity index (χ2n) is 6.46. The van der Waals surface area contributed by atoms with E-state index in [9.17, 15) is 9.59 Å². The zero-order valence-electron chi connectivity index (χ0n) is 13.0. The molecule has 0 atom stereocenters. The maximum Gasteiger partial charge on any atom is 0.255 e. The third-order valence-electron chi connectivity index (χ3n) is 3.65. The van der Waals surface area contributed by atoms with Crippen LogP contribution in [0.4, 0.5) is 0 Å². The van der Waals surface area contributed by atoms with Gasteiger partial charge in [0, 0.05) is 36.6 Å². The number of nitrogens with zero attached hydrogens (tertiary/aromatic N) is 2. The molecule has 1 aliphatic rings. The summed E-state index contributed by atoms with van der Waals surface area (Å²) in [5, 5.41) is 0.872. The molecule has 1 aromatic carbocycles. The molecule has 6 heteroatoms. The first-order chi connectivity index (χ1) is 10.2. The second-order valence-corrected chi connectivity index (χ2v) is 7.30. The number of halogens is 2. The molecule has 1 heterocycles. The Hall–Kier alpha value is -1.26. The molecule has 0 saturated carbocycles. The molecule has 0 unspecified atom stereocenters.